The van der Waals surface area contributed by atoms with Crippen molar-refractivity contribution in [1.82, 2.24) is 0 Å². The fourth-order valence-corrected chi connectivity index (χ4v) is 2.12. The van der Waals surface area contributed by atoms with Crippen molar-refractivity contribution in [3.63, 3.8) is 0 Å². The van der Waals surface area contributed by atoms with Crippen LogP contribution in [0.1, 0.15) is 25.7 Å². The number of hydrogen-bond acceptors (Lipinski definition) is 4. The molecule has 0 amide bonds. The van der Waals surface area contributed by atoms with Crippen LogP contribution in [0.2, 0.25) is 0 Å². The Balaban J connectivity index is 2.11. The number of nitrogens with zero attached hydrogens (tertiary/aromatic N) is 1. The lowest BCUT2D eigenvalue weighted by Crippen LogP contribution is -2.31. The van der Waals surface area contributed by atoms with E-state index in [1.165, 1.54) is 6.07 Å². The number of ether oxygens (including phenoxy) is 1. The number of nitro benzene ring substituents is 1. The van der Waals surface area contributed by atoms with Crippen molar-refractivity contribution in [3.8, 4) is 5.75 Å². The SMILES string of the molecule is NC1CCC(Oc2ccc(F)cc2[N+](=O)[O-])CC1. The molecule has 0 aromatic heterocycles. The summed E-state index contributed by atoms with van der Waals surface area (Å²) < 4.78 is 18.5. The molecular weight excluding hydrogens is 239 g/mol. The van der Waals surface area contributed by atoms with Crippen LogP contribution in [0.3, 0.4) is 0 Å². The van der Waals surface area contributed by atoms with Crippen molar-refractivity contribution in [1.29, 1.82) is 0 Å². The largest absolute Gasteiger partial charge is 0.483 e. The topological polar surface area (TPSA) is 78.4 Å². The van der Waals surface area contributed by atoms with E-state index in [-0.39, 0.29) is 23.6 Å². The van der Waals surface area contributed by atoms with Gasteiger partial charge in [-0.15, -0.1) is 0 Å². The zero-order valence-electron chi connectivity index (χ0n) is 9.84. The molecule has 0 saturated heterocycles. The maximum atomic E-state index is 13.0. The van der Waals surface area contributed by atoms with Crippen LogP contribution in [0.15, 0.2) is 18.2 Å². The van der Waals surface area contributed by atoms with Gasteiger partial charge in [0.05, 0.1) is 17.1 Å². The third kappa shape index (κ3) is 2.95. The van der Waals surface area contributed by atoms with Crippen LogP contribution in [-0.4, -0.2) is 17.1 Å². The Hall–Kier alpha value is -1.69. The highest BCUT2D eigenvalue weighted by Crippen LogP contribution is 2.31. The number of halogens is 1. The molecule has 1 aromatic carbocycles. The first kappa shape index (κ1) is 12.8. The Labute approximate surface area is 104 Å². The molecule has 5 nitrogen and oxygen atoms in total. The van der Waals surface area contributed by atoms with Gasteiger partial charge in [0.1, 0.15) is 5.82 Å². The Morgan fingerprint density at radius 3 is 2.61 bits per heavy atom. The van der Waals surface area contributed by atoms with Gasteiger partial charge in [0.15, 0.2) is 5.75 Å². The minimum Gasteiger partial charge on any atom is -0.483 e. The van der Waals surface area contributed by atoms with Gasteiger partial charge in [0.2, 0.25) is 0 Å². The smallest absolute Gasteiger partial charge is 0.313 e. The van der Waals surface area contributed by atoms with E-state index in [4.69, 9.17) is 10.5 Å². The van der Waals surface area contributed by atoms with Gasteiger partial charge in [-0.3, -0.25) is 10.1 Å². The lowest BCUT2D eigenvalue weighted by Gasteiger charge is -2.26. The lowest BCUT2D eigenvalue weighted by molar-refractivity contribution is -0.386. The molecular formula is C12H15FN2O3. The maximum Gasteiger partial charge on any atom is 0.313 e. The van der Waals surface area contributed by atoms with E-state index < -0.39 is 10.7 Å². The quantitative estimate of drug-likeness (QED) is 0.663. The average molecular weight is 254 g/mol. The van der Waals surface area contributed by atoms with E-state index in [0.717, 1.165) is 37.8 Å². The van der Waals surface area contributed by atoms with E-state index in [0.29, 0.717) is 0 Å². The molecule has 1 saturated carbocycles. The van der Waals surface area contributed by atoms with E-state index >= 15 is 0 Å². The summed E-state index contributed by atoms with van der Waals surface area (Å²) in [4.78, 5) is 10.2. The first-order chi connectivity index (χ1) is 8.56. The number of hydrogen-bond donors (Lipinski definition) is 1. The van der Waals surface area contributed by atoms with E-state index in [2.05, 4.69) is 0 Å². The summed E-state index contributed by atoms with van der Waals surface area (Å²) in [7, 11) is 0. The third-order valence-electron chi connectivity index (χ3n) is 3.13. The Morgan fingerprint density at radius 2 is 2.00 bits per heavy atom. The van der Waals surface area contributed by atoms with Gasteiger partial charge in [-0.25, -0.2) is 4.39 Å². The van der Waals surface area contributed by atoms with Gasteiger partial charge in [0.25, 0.3) is 0 Å². The third-order valence-corrected chi connectivity index (χ3v) is 3.13. The van der Waals surface area contributed by atoms with Crippen molar-refractivity contribution < 1.29 is 14.1 Å². The van der Waals surface area contributed by atoms with Gasteiger partial charge < -0.3 is 10.5 Å². The number of nitrogens with two attached hydrogens (primary N) is 1. The molecule has 6 heteroatoms. The van der Waals surface area contributed by atoms with Crippen molar-refractivity contribution in [2.45, 2.75) is 37.8 Å². The van der Waals surface area contributed by atoms with Crippen LogP contribution < -0.4 is 10.5 Å². The number of rotatable bonds is 3. The summed E-state index contributed by atoms with van der Waals surface area (Å²) in [5.74, 6) is -0.512. The highest BCUT2D eigenvalue weighted by molar-refractivity contribution is 5.46. The van der Waals surface area contributed by atoms with E-state index in [9.17, 15) is 14.5 Å². The average Bonchev–Trinajstić information content (AvgIpc) is 2.34. The highest BCUT2D eigenvalue weighted by Gasteiger charge is 2.23. The van der Waals surface area contributed by atoms with Crippen LogP contribution in [0.4, 0.5) is 10.1 Å². The summed E-state index contributed by atoms with van der Waals surface area (Å²) in [6, 6.07) is 3.54. The standard InChI is InChI=1S/C12H15FN2O3/c13-8-1-6-12(11(7-8)15(16)17)18-10-4-2-9(14)3-5-10/h1,6-7,9-10H,2-5,14H2. The van der Waals surface area contributed by atoms with Gasteiger partial charge in [-0.2, -0.15) is 0 Å². The monoisotopic (exact) mass is 254 g/mol. The molecule has 2 N–H and O–H groups in total. The Kier molecular flexibility index (Phi) is 3.76. The maximum absolute atomic E-state index is 13.0. The van der Waals surface area contributed by atoms with Crippen molar-refractivity contribution >= 4 is 5.69 Å². The molecule has 0 aliphatic heterocycles. The molecule has 0 unspecified atom stereocenters. The van der Waals surface area contributed by atoms with E-state index in [1.54, 1.807) is 0 Å². The molecule has 0 radical (unpaired) electrons. The summed E-state index contributed by atoms with van der Waals surface area (Å²) >= 11 is 0. The highest BCUT2D eigenvalue weighted by atomic mass is 19.1. The summed E-state index contributed by atoms with van der Waals surface area (Å²) in [5.41, 5.74) is 5.45. The minimum atomic E-state index is -0.639. The predicted octanol–water partition coefficient (Wildman–Crippen LogP) is 2.38. The fourth-order valence-electron chi connectivity index (χ4n) is 2.12. The van der Waals surface area contributed by atoms with Gasteiger partial charge in [0, 0.05) is 6.04 Å². The van der Waals surface area contributed by atoms with E-state index in [1.807, 2.05) is 0 Å². The van der Waals surface area contributed by atoms with Crippen molar-refractivity contribution in [2.24, 2.45) is 5.73 Å². The van der Waals surface area contributed by atoms with Gasteiger partial charge in [-0.05, 0) is 37.8 Å². The fraction of sp³-hybridized carbons (Fsp3) is 0.500. The molecule has 1 aliphatic carbocycles. The van der Waals surface area contributed by atoms with Crippen molar-refractivity contribution in [2.75, 3.05) is 0 Å². The molecule has 18 heavy (non-hydrogen) atoms. The van der Waals surface area contributed by atoms with Crippen LogP contribution in [0.25, 0.3) is 0 Å². The first-order valence-electron chi connectivity index (χ1n) is 5.92. The van der Waals surface area contributed by atoms with Crippen molar-refractivity contribution in [3.05, 3.63) is 34.1 Å². The number of nitro groups is 1. The molecule has 0 spiro atoms. The second-order valence-electron chi connectivity index (χ2n) is 4.52. The molecule has 0 heterocycles. The molecule has 1 aromatic rings. The first-order valence-corrected chi connectivity index (χ1v) is 5.92. The molecule has 1 fully saturated rings. The van der Waals surface area contributed by atoms with Gasteiger partial charge in [-0.1, -0.05) is 0 Å². The zero-order valence-corrected chi connectivity index (χ0v) is 9.84. The predicted molar refractivity (Wildman–Crippen MR) is 63.9 cm³/mol. The summed E-state index contributed by atoms with van der Waals surface area (Å²) in [5, 5.41) is 10.8. The molecule has 1 aliphatic rings. The normalized spacial score (nSPS) is 23.7. The van der Waals surface area contributed by atoms with Gasteiger partial charge >= 0.3 is 5.69 Å². The zero-order chi connectivity index (χ0) is 13.1. The van der Waals surface area contributed by atoms with Crippen LogP contribution in [0, 0.1) is 15.9 Å². The molecule has 98 valence electrons. The summed E-state index contributed by atoms with van der Waals surface area (Å²) in [6.45, 7) is 0. The second kappa shape index (κ2) is 5.30. The van der Waals surface area contributed by atoms with Crippen LogP contribution in [-0.2, 0) is 0 Å². The Morgan fingerprint density at radius 1 is 1.33 bits per heavy atom. The van der Waals surface area contributed by atoms with Crippen LogP contribution in [0.5, 0.6) is 5.75 Å². The molecule has 0 bridgehead atoms. The van der Waals surface area contributed by atoms with Crippen LogP contribution >= 0.6 is 0 Å². The number of benzene rings is 1. The lowest BCUT2D eigenvalue weighted by atomic mass is 9.94. The minimum absolute atomic E-state index is 0.0750. The summed E-state index contributed by atoms with van der Waals surface area (Å²) in [6.07, 6.45) is 3.17. The molecule has 2 rings (SSSR count). The molecule has 0 atom stereocenters. The Bertz CT molecular complexity index is 445. The second-order valence-corrected chi connectivity index (χ2v) is 4.52.